The van der Waals surface area contributed by atoms with E-state index in [4.69, 9.17) is 5.11 Å². The van der Waals surface area contributed by atoms with Crippen molar-refractivity contribution in [2.75, 3.05) is 11.9 Å². The van der Waals surface area contributed by atoms with Crippen LogP contribution in [0.2, 0.25) is 0 Å². The van der Waals surface area contributed by atoms with Gasteiger partial charge in [0.1, 0.15) is 0 Å². The molecule has 1 aromatic carbocycles. The number of unbranched alkanes of at least 4 members (excludes halogenated alkanes) is 1. The number of carboxylic acid groups (broad SMARTS) is 1. The first-order valence-electron chi connectivity index (χ1n) is 5.77. The number of hydrogen-bond acceptors (Lipinski definition) is 2. The zero-order valence-corrected chi connectivity index (χ0v) is 9.70. The molecule has 0 aliphatic carbocycles. The smallest absolute Gasteiger partial charge is 0.305 e. The van der Waals surface area contributed by atoms with E-state index in [9.17, 15) is 4.79 Å². The van der Waals surface area contributed by atoms with E-state index >= 15 is 0 Å². The highest BCUT2D eigenvalue weighted by molar-refractivity contribution is 5.67. The van der Waals surface area contributed by atoms with Crippen LogP contribution in [0, 0.1) is 0 Å². The Hall–Kier alpha value is -1.51. The molecule has 0 unspecified atom stereocenters. The summed E-state index contributed by atoms with van der Waals surface area (Å²) in [5.41, 5.74) is 2.33. The van der Waals surface area contributed by atoms with Crippen LogP contribution in [-0.4, -0.2) is 17.6 Å². The van der Waals surface area contributed by atoms with Crippen LogP contribution in [0.5, 0.6) is 0 Å². The summed E-state index contributed by atoms with van der Waals surface area (Å²) >= 11 is 0. The quantitative estimate of drug-likeness (QED) is 0.744. The lowest BCUT2D eigenvalue weighted by atomic mass is 10.1. The molecule has 1 aromatic rings. The molecule has 16 heavy (non-hydrogen) atoms. The van der Waals surface area contributed by atoms with E-state index in [0.29, 0.717) is 6.54 Å². The second-order valence-electron chi connectivity index (χ2n) is 3.87. The van der Waals surface area contributed by atoms with Crippen LogP contribution in [0.4, 0.5) is 5.69 Å². The lowest BCUT2D eigenvalue weighted by Gasteiger charge is -2.06. The highest BCUT2D eigenvalue weighted by Gasteiger charge is 1.97. The minimum Gasteiger partial charge on any atom is -0.481 e. The third-order valence-electron chi connectivity index (χ3n) is 2.44. The van der Waals surface area contributed by atoms with Gasteiger partial charge in [0, 0.05) is 12.2 Å². The summed E-state index contributed by atoms with van der Waals surface area (Å²) in [7, 11) is 0. The number of nitrogens with one attached hydrogen (secondary N) is 1. The van der Waals surface area contributed by atoms with Gasteiger partial charge in [-0.05, 0) is 30.5 Å². The molecule has 3 nitrogen and oxygen atoms in total. The third kappa shape index (κ3) is 4.82. The predicted octanol–water partition coefficient (Wildman–Crippen LogP) is 2.92. The zero-order chi connectivity index (χ0) is 11.8. The van der Waals surface area contributed by atoms with E-state index in [1.807, 2.05) is 12.1 Å². The van der Waals surface area contributed by atoms with Gasteiger partial charge in [0.2, 0.25) is 0 Å². The number of hydrogen-bond donors (Lipinski definition) is 2. The lowest BCUT2D eigenvalue weighted by molar-refractivity contribution is -0.136. The maximum atomic E-state index is 10.3. The summed E-state index contributed by atoms with van der Waals surface area (Å²) in [6.07, 6.45) is 3.69. The van der Waals surface area contributed by atoms with Crippen LogP contribution in [0.1, 0.15) is 31.7 Å². The number of benzene rings is 1. The van der Waals surface area contributed by atoms with Gasteiger partial charge in [-0.1, -0.05) is 25.5 Å². The average molecular weight is 221 g/mol. The Morgan fingerprint density at radius 3 is 2.56 bits per heavy atom. The Bertz CT molecular complexity index is 319. The molecule has 2 N–H and O–H groups in total. The van der Waals surface area contributed by atoms with Crippen molar-refractivity contribution in [3.8, 4) is 0 Å². The van der Waals surface area contributed by atoms with E-state index in [1.54, 1.807) is 0 Å². The van der Waals surface area contributed by atoms with E-state index < -0.39 is 5.97 Å². The number of anilines is 1. The van der Waals surface area contributed by atoms with E-state index in [0.717, 1.165) is 12.1 Å². The average Bonchev–Trinajstić information content (AvgIpc) is 2.27. The number of carbonyl (C=O) groups is 1. The first kappa shape index (κ1) is 12.6. The van der Waals surface area contributed by atoms with Crippen molar-refractivity contribution in [1.82, 2.24) is 0 Å². The summed E-state index contributed by atoms with van der Waals surface area (Å²) in [6, 6.07) is 8.21. The number of carboxylic acids is 1. The summed E-state index contributed by atoms with van der Waals surface area (Å²) in [5.74, 6) is -0.771. The van der Waals surface area contributed by atoms with Crippen LogP contribution < -0.4 is 5.32 Å². The topological polar surface area (TPSA) is 49.3 Å². The van der Waals surface area contributed by atoms with Gasteiger partial charge >= 0.3 is 5.97 Å². The predicted molar refractivity (Wildman–Crippen MR) is 65.8 cm³/mol. The maximum Gasteiger partial charge on any atom is 0.305 e. The Kier molecular flexibility index (Phi) is 5.40. The van der Waals surface area contributed by atoms with Crippen LogP contribution in [-0.2, 0) is 11.2 Å². The molecule has 0 saturated heterocycles. The molecular weight excluding hydrogens is 202 g/mol. The SMILES string of the molecule is CCCCc1ccc(NCCC(=O)O)cc1. The standard InChI is InChI=1S/C13H19NO2/c1-2-3-4-11-5-7-12(8-6-11)14-10-9-13(15)16/h5-8,14H,2-4,9-10H2,1H3,(H,15,16). The molecule has 3 heteroatoms. The van der Waals surface area contributed by atoms with Crippen LogP contribution in [0.3, 0.4) is 0 Å². The lowest BCUT2D eigenvalue weighted by Crippen LogP contribution is -2.07. The molecule has 88 valence electrons. The third-order valence-corrected chi connectivity index (χ3v) is 2.44. The Morgan fingerprint density at radius 2 is 2.00 bits per heavy atom. The fraction of sp³-hybridized carbons (Fsp3) is 0.462. The van der Waals surface area contributed by atoms with Gasteiger partial charge in [-0.25, -0.2) is 0 Å². The van der Waals surface area contributed by atoms with Crippen molar-refractivity contribution in [2.45, 2.75) is 32.6 Å². The fourth-order valence-corrected chi connectivity index (χ4v) is 1.48. The highest BCUT2D eigenvalue weighted by atomic mass is 16.4. The molecule has 0 aromatic heterocycles. The molecular formula is C13H19NO2. The van der Waals surface area contributed by atoms with E-state index in [-0.39, 0.29) is 6.42 Å². The molecule has 0 radical (unpaired) electrons. The van der Waals surface area contributed by atoms with Gasteiger partial charge in [-0.3, -0.25) is 4.79 Å². The minimum absolute atomic E-state index is 0.150. The van der Waals surface area contributed by atoms with Gasteiger partial charge < -0.3 is 10.4 Å². The first-order chi connectivity index (χ1) is 7.72. The van der Waals surface area contributed by atoms with Crippen molar-refractivity contribution in [3.63, 3.8) is 0 Å². The minimum atomic E-state index is -0.771. The van der Waals surface area contributed by atoms with Gasteiger partial charge in [-0.15, -0.1) is 0 Å². The molecule has 1 rings (SSSR count). The van der Waals surface area contributed by atoms with Crippen LogP contribution in [0.15, 0.2) is 24.3 Å². The number of aliphatic carboxylic acids is 1. The Balaban J connectivity index is 2.36. The van der Waals surface area contributed by atoms with Crippen molar-refractivity contribution < 1.29 is 9.90 Å². The highest BCUT2D eigenvalue weighted by Crippen LogP contribution is 2.11. The molecule has 0 aliphatic rings. The molecule has 0 bridgehead atoms. The van der Waals surface area contributed by atoms with Crippen molar-refractivity contribution in [3.05, 3.63) is 29.8 Å². The van der Waals surface area contributed by atoms with Gasteiger partial charge in [0.05, 0.1) is 6.42 Å². The zero-order valence-electron chi connectivity index (χ0n) is 9.70. The Labute approximate surface area is 96.5 Å². The normalized spacial score (nSPS) is 10.1. The van der Waals surface area contributed by atoms with Crippen LogP contribution >= 0.6 is 0 Å². The van der Waals surface area contributed by atoms with Crippen molar-refractivity contribution >= 4 is 11.7 Å². The maximum absolute atomic E-state index is 10.3. The van der Waals surface area contributed by atoms with Crippen molar-refractivity contribution in [2.24, 2.45) is 0 Å². The van der Waals surface area contributed by atoms with Crippen LogP contribution in [0.25, 0.3) is 0 Å². The molecule has 0 spiro atoms. The molecule has 0 aliphatic heterocycles. The molecule has 0 heterocycles. The van der Waals surface area contributed by atoms with Gasteiger partial charge in [0.25, 0.3) is 0 Å². The molecule has 0 fully saturated rings. The summed E-state index contributed by atoms with van der Waals surface area (Å²) in [4.78, 5) is 10.3. The summed E-state index contributed by atoms with van der Waals surface area (Å²) in [5, 5.41) is 11.6. The summed E-state index contributed by atoms with van der Waals surface area (Å²) in [6.45, 7) is 2.66. The Morgan fingerprint density at radius 1 is 1.31 bits per heavy atom. The van der Waals surface area contributed by atoms with Crippen molar-refractivity contribution in [1.29, 1.82) is 0 Å². The molecule has 0 atom stereocenters. The number of aryl methyl sites for hydroxylation is 1. The van der Waals surface area contributed by atoms with Gasteiger partial charge in [-0.2, -0.15) is 0 Å². The number of rotatable bonds is 7. The fourth-order valence-electron chi connectivity index (χ4n) is 1.48. The van der Waals surface area contributed by atoms with Gasteiger partial charge in [0.15, 0.2) is 0 Å². The second kappa shape index (κ2) is 6.88. The molecule has 0 saturated carbocycles. The summed E-state index contributed by atoms with van der Waals surface area (Å²) < 4.78 is 0. The largest absolute Gasteiger partial charge is 0.481 e. The second-order valence-corrected chi connectivity index (χ2v) is 3.87. The molecule has 0 amide bonds. The first-order valence-corrected chi connectivity index (χ1v) is 5.77. The van der Waals surface area contributed by atoms with E-state index in [1.165, 1.54) is 18.4 Å². The monoisotopic (exact) mass is 221 g/mol. The van der Waals surface area contributed by atoms with E-state index in [2.05, 4.69) is 24.4 Å².